The molecule has 0 unspecified atom stereocenters. The first-order valence-corrected chi connectivity index (χ1v) is 5.05. The minimum atomic E-state index is -0.962. The molecule has 1 N–H and O–H groups in total. The van der Waals surface area contributed by atoms with E-state index in [9.17, 15) is 4.79 Å². The SMILES string of the molecule is O=C(O)C=CCOc1ccccc1I. The Morgan fingerprint density at radius 2 is 2.21 bits per heavy atom. The van der Waals surface area contributed by atoms with Gasteiger partial charge in [-0.1, -0.05) is 12.1 Å². The van der Waals surface area contributed by atoms with Crippen LogP contribution in [0, 0.1) is 3.57 Å². The van der Waals surface area contributed by atoms with E-state index in [1.54, 1.807) is 0 Å². The molecule has 4 heteroatoms. The molecule has 1 aromatic rings. The fourth-order valence-electron chi connectivity index (χ4n) is 0.849. The lowest BCUT2D eigenvalue weighted by Gasteiger charge is -2.04. The summed E-state index contributed by atoms with van der Waals surface area (Å²) in [5, 5.41) is 8.32. The number of ether oxygens (including phenoxy) is 1. The van der Waals surface area contributed by atoms with E-state index in [0.717, 1.165) is 15.4 Å². The lowest BCUT2D eigenvalue weighted by Crippen LogP contribution is -1.96. The fourth-order valence-corrected chi connectivity index (χ4v) is 1.39. The quantitative estimate of drug-likeness (QED) is 0.686. The zero-order valence-corrected chi connectivity index (χ0v) is 9.47. The second kappa shape index (κ2) is 5.64. The van der Waals surface area contributed by atoms with Crippen molar-refractivity contribution >= 4 is 28.6 Å². The van der Waals surface area contributed by atoms with Crippen molar-refractivity contribution in [3.8, 4) is 5.75 Å². The highest BCUT2D eigenvalue weighted by atomic mass is 127. The van der Waals surface area contributed by atoms with Crippen LogP contribution in [0.5, 0.6) is 5.75 Å². The van der Waals surface area contributed by atoms with E-state index in [4.69, 9.17) is 9.84 Å². The van der Waals surface area contributed by atoms with Crippen LogP contribution in [0.3, 0.4) is 0 Å². The highest BCUT2D eigenvalue weighted by molar-refractivity contribution is 14.1. The average molecular weight is 304 g/mol. The van der Waals surface area contributed by atoms with E-state index in [1.165, 1.54) is 6.08 Å². The molecule has 0 aliphatic rings. The molecule has 0 heterocycles. The molecule has 0 amide bonds. The van der Waals surface area contributed by atoms with E-state index in [0.29, 0.717) is 0 Å². The van der Waals surface area contributed by atoms with Crippen molar-refractivity contribution in [1.29, 1.82) is 0 Å². The Kier molecular flexibility index (Phi) is 4.45. The Bertz CT molecular complexity index is 347. The predicted molar refractivity (Wildman–Crippen MR) is 61.4 cm³/mol. The molecule has 0 aliphatic heterocycles. The molecule has 0 atom stereocenters. The van der Waals surface area contributed by atoms with Gasteiger partial charge >= 0.3 is 5.97 Å². The van der Waals surface area contributed by atoms with Crippen molar-refractivity contribution in [2.24, 2.45) is 0 Å². The summed E-state index contributed by atoms with van der Waals surface area (Å²) in [6.45, 7) is 0.270. The normalized spacial score (nSPS) is 10.4. The van der Waals surface area contributed by atoms with Crippen molar-refractivity contribution in [2.45, 2.75) is 0 Å². The molecular formula is C10H9IO3. The Hall–Kier alpha value is -1.04. The molecule has 0 radical (unpaired) electrons. The summed E-state index contributed by atoms with van der Waals surface area (Å²) >= 11 is 2.16. The van der Waals surface area contributed by atoms with Gasteiger partial charge in [0.15, 0.2) is 0 Å². The Morgan fingerprint density at radius 3 is 2.86 bits per heavy atom. The second-order valence-electron chi connectivity index (χ2n) is 2.48. The van der Waals surface area contributed by atoms with Crippen LogP contribution in [0.1, 0.15) is 0 Å². The number of carboxylic acid groups (broad SMARTS) is 1. The third-order valence-corrected chi connectivity index (χ3v) is 2.32. The summed E-state index contributed by atoms with van der Waals surface area (Å²) in [4.78, 5) is 10.1. The topological polar surface area (TPSA) is 46.5 Å². The number of hydrogen-bond donors (Lipinski definition) is 1. The van der Waals surface area contributed by atoms with E-state index < -0.39 is 5.97 Å². The minimum Gasteiger partial charge on any atom is -0.488 e. The van der Waals surface area contributed by atoms with Gasteiger partial charge in [0, 0.05) is 6.08 Å². The number of halogens is 1. The van der Waals surface area contributed by atoms with Crippen molar-refractivity contribution < 1.29 is 14.6 Å². The number of para-hydroxylation sites is 1. The fraction of sp³-hybridized carbons (Fsp3) is 0.100. The Labute approximate surface area is 95.5 Å². The van der Waals surface area contributed by atoms with Gasteiger partial charge in [0.25, 0.3) is 0 Å². The second-order valence-corrected chi connectivity index (χ2v) is 3.64. The van der Waals surface area contributed by atoms with Gasteiger partial charge in [-0.2, -0.15) is 0 Å². The molecule has 1 rings (SSSR count). The first kappa shape index (κ1) is 11.0. The van der Waals surface area contributed by atoms with Gasteiger partial charge in [0.2, 0.25) is 0 Å². The largest absolute Gasteiger partial charge is 0.488 e. The summed E-state index contributed by atoms with van der Waals surface area (Å²) in [5.41, 5.74) is 0. The molecule has 0 aromatic heterocycles. The maximum absolute atomic E-state index is 10.1. The van der Waals surface area contributed by atoms with Gasteiger partial charge in [-0.25, -0.2) is 4.79 Å². The number of carboxylic acids is 1. The van der Waals surface area contributed by atoms with Gasteiger partial charge < -0.3 is 9.84 Å². The third-order valence-electron chi connectivity index (χ3n) is 1.43. The van der Waals surface area contributed by atoms with Crippen molar-refractivity contribution in [3.63, 3.8) is 0 Å². The van der Waals surface area contributed by atoms with E-state index in [2.05, 4.69) is 22.6 Å². The summed E-state index contributed by atoms with van der Waals surface area (Å²) in [6, 6.07) is 7.56. The van der Waals surface area contributed by atoms with Gasteiger partial charge in [0.1, 0.15) is 12.4 Å². The summed E-state index contributed by atoms with van der Waals surface area (Å²) in [7, 11) is 0. The predicted octanol–water partition coefficient (Wildman–Crippen LogP) is 2.31. The summed E-state index contributed by atoms with van der Waals surface area (Å²) in [6.07, 6.45) is 2.53. The van der Waals surface area contributed by atoms with Gasteiger partial charge in [-0.3, -0.25) is 0 Å². The average Bonchev–Trinajstić information content (AvgIpc) is 2.15. The zero-order chi connectivity index (χ0) is 10.4. The molecular weight excluding hydrogens is 295 g/mol. The highest BCUT2D eigenvalue weighted by Crippen LogP contribution is 2.19. The molecule has 74 valence electrons. The number of benzene rings is 1. The van der Waals surface area contributed by atoms with Gasteiger partial charge in [-0.05, 0) is 40.8 Å². The van der Waals surface area contributed by atoms with Crippen LogP contribution in [0.4, 0.5) is 0 Å². The van der Waals surface area contributed by atoms with Gasteiger partial charge in [0.05, 0.1) is 3.57 Å². The molecule has 14 heavy (non-hydrogen) atoms. The number of carbonyl (C=O) groups is 1. The molecule has 0 saturated heterocycles. The van der Waals surface area contributed by atoms with Crippen LogP contribution >= 0.6 is 22.6 Å². The molecule has 3 nitrogen and oxygen atoms in total. The summed E-state index contributed by atoms with van der Waals surface area (Å²) < 4.78 is 6.34. The van der Waals surface area contributed by atoms with E-state index in [-0.39, 0.29) is 6.61 Å². The van der Waals surface area contributed by atoms with Crippen LogP contribution in [-0.4, -0.2) is 17.7 Å². The smallest absolute Gasteiger partial charge is 0.328 e. The van der Waals surface area contributed by atoms with E-state index in [1.807, 2.05) is 24.3 Å². The van der Waals surface area contributed by atoms with Crippen LogP contribution in [-0.2, 0) is 4.79 Å². The Morgan fingerprint density at radius 1 is 1.50 bits per heavy atom. The minimum absolute atomic E-state index is 0.270. The zero-order valence-electron chi connectivity index (χ0n) is 7.31. The summed E-state index contributed by atoms with van der Waals surface area (Å²) in [5.74, 6) is -0.195. The maximum Gasteiger partial charge on any atom is 0.328 e. The molecule has 0 spiro atoms. The Balaban J connectivity index is 2.46. The van der Waals surface area contributed by atoms with Crippen LogP contribution in [0.2, 0.25) is 0 Å². The molecule has 0 aliphatic carbocycles. The monoisotopic (exact) mass is 304 g/mol. The molecule has 0 fully saturated rings. The van der Waals surface area contributed by atoms with Crippen LogP contribution < -0.4 is 4.74 Å². The lowest BCUT2D eigenvalue weighted by atomic mass is 10.3. The molecule has 1 aromatic carbocycles. The third kappa shape index (κ3) is 3.78. The first-order chi connectivity index (χ1) is 6.70. The van der Waals surface area contributed by atoms with Crippen molar-refractivity contribution in [1.82, 2.24) is 0 Å². The molecule has 0 bridgehead atoms. The number of rotatable bonds is 4. The lowest BCUT2D eigenvalue weighted by molar-refractivity contribution is -0.131. The number of aliphatic carboxylic acids is 1. The van der Waals surface area contributed by atoms with E-state index >= 15 is 0 Å². The maximum atomic E-state index is 10.1. The van der Waals surface area contributed by atoms with Gasteiger partial charge in [-0.15, -0.1) is 0 Å². The van der Waals surface area contributed by atoms with Crippen molar-refractivity contribution in [3.05, 3.63) is 40.0 Å². The van der Waals surface area contributed by atoms with Crippen molar-refractivity contribution in [2.75, 3.05) is 6.61 Å². The standard InChI is InChI=1S/C10H9IO3/c11-8-4-1-2-5-9(8)14-7-3-6-10(12)13/h1-6H,7H2,(H,12,13). The highest BCUT2D eigenvalue weighted by Gasteiger charge is 1.96. The van der Waals surface area contributed by atoms with Crippen LogP contribution in [0.25, 0.3) is 0 Å². The molecule has 0 saturated carbocycles. The first-order valence-electron chi connectivity index (χ1n) is 3.97. The number of hydrogen-bond acceptors (Lipinski definition) is 2. The van der Waals surface area contributed by atoms with Crippen LogP contribution in [0.15, 0.2) is 36.4 Å².